The molecule has 2 aliphatic carbocycles. The van der Waals surface area contributed by atoms with Crippen LogP contribution < -0.4 is 0 Å². The molecule has 5 rings (SSSR count). The van der Waals surface area contributed by atoms with Crippen molar-refractivity contribution < 1.29 is 19.3 Å². The Morgan fingerprint density at radius 2 is 2.18 bits per heavy atom. The fraction of sp³-hybridized carbons (Fsp3) is 1.00. The summed E-state index contributed by atoms with van der Waals surface area (Å²) in [6.07, 6.45) is 4.82. The minimum absolute atomic E-state index is 0.140. The van der Waals surface area contributed by atoms with Gasteiger partial charge in [-0.05, 0) is 25.2 Å². The number of hydrogen-bond acceptors (Lipinski definition) is 4. The van der Waals surface area contributed by atoms with E-state index in [2.05, 4.69) is 0 Å². The van der Waals surface area contributed by atoms with Crippen molar-refractivity contribution in [3.05, 3.63) is 0 Å². The first-order valence-corrected chi connectivity index (χ1v) is 6.73. The Hall–Kier alpha value is -0.160. The number of fused-ring (bicyclic) bond motifs is 1. The third-order valence-electron chi connectivity index (χ3n) is 5.56. The molecule has 5 fully saturated rings. The quantitative estimate of drug-likeness (QED) is 0.696. The lowest BCUT2D eigenvalue weighted by Gasteiger charge is -2.62. The first kappa shape index (κ1) is 10.7. The van der Waals surface area contributed by atoms with E-state index in [1.54, 1.807) is 7.11 Å². The van der Waals surface area contributed by atoms with Gasteiger partial charge in [0.25, 0.3) is 0 Å². The molecule has 2 saturated carbocycles. The van der Waals surface area contributed by atoms with Crippen molar-refractivity contribution in [2.24, 2.45) is 11.3 Å². The summed E-state index contributed by atoms with van der Waals surface area (Å²) in [5.74, 6) is 0.506. The van der Waals surface area contributed by atoms with Gasteiger partial charge >= 0.3 is 0 Å². The summed E-state index contributed by atoms with van der Waals surface area (Å²) in [5.41, 5.74) is -0.436. The Morgan fingerprint density at radius 3 is 2.88 bits per heavy atom. The van der Waals surface area contributed by atoms with Crippen LogP contribution in [0.4, 0.5) is 0 Å². The van der Waals surface area contributed by atoms with Crippen LogP contribution in [0.3, 0.4) is 0 Å². The number of aliphatic hydroxyl groups excluding tert-OH is 1. The van der Waals surface area contributed by atoms with E-state index >= 15 is 0 Å². The van der Waals surface area contributed by atoms with Gasteiger partial charge in [-0.3, -0.25) is 0 Å². The second-order valence-corrected chi connectivity index (χ2v) is 6.13. The molecular formula is C13H20O4. The molecule has 0 unspecified atom stereocenters. The van der Waals surface area contributed by atoms with E-state index in [0.29, 0.717) is 5.92 Å². The molecule has 6 atom stereocenters. The van der Waals surface area contributed by atoms with Crippen LogP contribution in [-0.2, 0) is 14.2 Å². The third kappa shape index (κ3) is 1.09. The molecule has 0 aromatic rings. The molecule has 4 nitrogen and oxygen atoms in total. The van der Waals surface area contributed by atoms with Gasteiger partial charge in [-0.25, -0.2) is 0 Å². The Kier molecular flexibility index (Phi) is 2.04. The molecule has 0 aromatic heterocycles. The highest BCUT2D eigenvalue weighted by atomic mass is 16.7. The fourth-order valence-electron chi connectivity index (χ4n) is 4.90. The van der Waals surface area contributed by atoms with Gasteiger partial charge in [0, 0.05) is 13.5 Å². The summed E-state index contributed by atoms with van der Waals surface area (Å²) in [5, 5.41) is 10.6. The lowest BCUT2D eigenvalue weighted by atomic mass is 9.50. The smallest absolute Gasteiger partial charge is 0.168 e. The number of methoxy groups -OCH3 is 1. The monoisotopic (exact) mass is 240 g/mol. The van der Waals surface area contributed by atoms with E-state index in [-0.39, 0.29) is 29.5 Å². The number of ether oxygens (including phenoxy) is 3. The largest absolute Gasteiger partial charge is 0.392 e. The Labute approximate surface area is 101 Å². The maximum Gasteiger partial charge on any atom is 0.168 e. The minimum Gasteiger partial charge on any atom is -0.392 e. The van der Waals surface area contributed by atoms with Crippen molar-refractivity contribution >= 4 is 0 Å². The molecule has 5 aliphatic rings. The van der Waals surface area contributed by atoms with Crippen molar-refractivity contribution in [3.8, 4) is 0 Å². The Bertz CT molecular complexity index is 330. The van der Waals surface area contributed by atoms with E-state index in [1.807, 2.05) is 0 Å². The van der Waals surface area contributed by atoms with E-state index in [4.69, 9.17) is 14.2 Å². The summed E-state index contributed by atoms with van der Waals surface area (Å²) in [4.78, 5) is 0. The van der Waals surface area contributed by atoms with Crippen molar-refractivity contribution in [3.63, 3.8) is 0 Å². The minimum atomic E-state index is -0.338. The second kappa shape index (κ2) is 3.23. The average Bonchev–Trinajstić information content (AvgIpc) is 3.08. The van der Waals surface area contributed by atoms with Crippen LogP contribution >= 0.6 is 0 Å². The van der Waals surface area contributed by atoms with Crippen LogP contribution in [0.5, 0.6) is 0 Å². The first-order valence-electron chi connectivity index (χ1n) is 6.73. The van der Waals surface area contributed by atoms with E-state index < -0.39 is 0 Å². The number of epoxide rings is 1. The standard InChI is InChI=1S/C13H20O4/c1-15-11-13-8(3-2-4-10(13)14)5-9(17-11)6-12(13)7-16-12/h8-11,14H,2-7H2,1H3/t8-,9+,10-,11-,12-,13-/m0/s1. The number of rotatable bonds is 1. The molecular weight excluding hydrogens is 220 g/mol. The molecule has 17 heavy (non-hydrogen) atoms. The molecule has 4 heteroatoms. The second-order valence-electron chi connectivity index (χ2n) is 6.13. The van der Waals surface area contributed by atoms with Crippen LogP contribution in [0.2, 0.25) is 0 Å². The fourth-order valence-corrected chi connectivity index (χ4v) is 4.90. The van der Waals surface area contributed by atoms with Gasteiger partial charge in [-0.2, -0.15) is 0 Å². The van der Waals surface area contributed by atoms with Crippen LogP contribution in [-0.4, -0.2) is 42.9 Å². The van der Waals surface area contributed by atoms with Gasteiger partial charge in [0.15, 0.2) is 6.29 Å². The zero-order chi connectivity index (χ0) is 11.7. The molecule has 0 aromatic carbocycles. The first-order chi connectivity index (χ1) is 8.23. The molecule has 3 heterocycles. The third-order valence-corrected chi connectivity index (χ3v) is 5.56. The number of hydrogen-bond donors (Lipinski definition) is 1. The van der Waals surface area contributed by atoms with Crippen molar-refractivity contribution in [2.75, 3.05) is 13.7 Å². The number of aliphatic hydroxyl groups is 1. The highest BCUT2D eigenvalue weighted by molar-refractivity contribution is 5.22. The highest BCUT2D eigenvalue weighted by Crippen LogP contribution is 2.67. The van der Waals surface area contributed by atoms with Crippen LogP contribution in [0.1, 0.15) is 32.1 Å². The average molecular weight is 240 g/mol. The summed E-state index contributed by atoms with van der Waals surface area (Å²) in [7, 11) is 1.69. The van der Waals surface area contributed by atoms with Gasteiger partial charge in [0.05, 0.1) is 24.2 Å². The maximum absolute atomic E-state index is 10.6. The van der Waals surface area contributed by atoms with E-state index in [1.165, 1.54) is 6.42 Å². The SMILES string of the molecule is CO[C@H]1O[C@@H]2C[C@@H]3CCC[C@H](O)[C@@]31[C@@]1(CO1)C2. The predicted octanol–water partition coefficient (Wildman–Crippen LogP) is 1.07. The van der Waals surface area contributed by atoms with Crippen molar-refractivity contribution in [2.45, 2.75) is 56.2 Å². The lowest BCUT2D eigenvalue weighted by molar-refractivity contribution is -0.351. The molecule has 2 spiro atoms. The predicted molar refractivity (Wildman–Crippen MR) is 59.4 cm³/mol. The zero-order valence-corrected chi connectivity index (χ0v) is 10.2. The highest BCUT2D eigenvalue weighted by Gasteiger charge is 2.77. The summed E-state index contributed by atoms with van der Waals surface area (Å²) >= 11 is 0. The van der Waals surface area contributed by atoms with E-state index in [9.17, 15) is 5.11 Å². The summed E-state index contributed by atoms with van der Waals surface area (Å²) < 4.78 is 17.4. The van der Waals surface area contributed by atoms with Crippen LogP contribution in [0, 0.1) is 11.3 Å². The summed E-state index contributed by atoms with van der Waals surface area (Å²) in [6, 6.07) is 0. The van der Waals surface area contributed by atoms with Crippen LogP contribution in [0.15, 0.2) is 0 Å². The maximum atomic E-state index is 10.6. The Morgan fingerprint density at radius 1 is 1.35 bits per heavy atom. The van der Waals surface area contributed by atoms with Gasteiger partial charge in [0.1, 0.15) is 5.60 Å². The zero-order valence-electron chi connectivity index (χ0n) is 10.2. The molecule has 3 aliphatic heterocycles. The Balaban J connectivity index is 1.84. The van der Waals surface area contributed by atoms with Gasteiger partial charge in [0.2, 0.25) is 0 Å². The van der Waals surface area contributed by atoms with Crippen molar-refractivity contribution in [1.29, 1.82) is 0 Å². The molecule has 96 valence electrons. The molecule has 3 saturated heterocycles. The molecule has 1 N–H and O–H groups in total. The van der Waals surface area contributed by atoms with E-state index in [0.717, 1.165) is 32.3 Å². The molecule has 0 radical (unpaired) electrons. The topological polar surface area (TPSA) is 51.2 Å². The van der Waals surface area contributed by atoms with Gasteiger partial charge in [-0.15, -0.1) is 0 Å². The van der Waals surface area contributed by atoms with Crippen LogP contribution in [0.25, 0.3) is 0 Å². The molecule has 0 amide bonds. The van der Waals surface area contributed by atoms with Crippen molar-refractivity contribution in [1.82, 2.24) is 0 Å². The lowest BCUT2D eigenvalue weighted by Crippen LogP contribution is -2.70. The van der Waals surface area contributed by atoms with Gasteiger partial charge < -0.3 is 19.3 Å². The normalized spacial score (nSPS) is 60.4. The summed E-state index contributed by atoms with van der Waals surface area (Å²) in [6.45, 7) is 0.778. The van der Waals surface area contributed by atoms with Gasteiger partial charge in [-0.1, -0.05) is 6.42 Å². The molecule has 2 bridgehead atoms.